The number of carboxylic acids is 2. The van der Waals surface area contributed by atoms with Crippen molar-refractivity contribution < 1.29 is 34.1 Å². The Morgan fingerprint density at radius 2 is 1.64 bits per heavy atom. The third-order valence-corrected chi connectivity index (χ3v) is 8.11. The highest BCUT2D eigenvalue weighted by Gasteiger charge is 2.33. The Hall–Kier alpha value is -4.87. The fourth-order valence-corrected chi connectivity index (χ4v) is 5.92. The third kappa shape index (κ3) is 7.19. The van der Waals surface area contributed by atoms with E-state index < -0.39 is 11.9 Å². The molecule has 1 fully saturated rings. The molecule has 11 heteroatoms. The molecule has 0 unspecified atom stereocenters. The van der Waals surface area contributed by atoms with E-state index in [0.717, 1.165) is 5.56 Å². The zero-order valence-electron chi connectivity index (χ0n) is 23.3. The molecule has 2 N–H and O–H groups in total. The number of aliphatic imine (C=N–C) groups is 1. The van der Waals surface area contributed by atoms with Gasteiger partial charge in [0.05, 0.1) is 39.8 Å². The number of ether oxygens (including phenoxy) is 2. The van der Waals surface area contributed by atoms with Crippen molar-refractivity contribution in [3.8, 4) is 11.5 Å². The smallest absolute Gasteiger partial charge is 0.335 e. The summed E-state index contributed by atoms with van der Waals surface area (Å²) in [5, 5.41) is 19.0. The number of carbonyl (C=O) groups is 3. The number of nitrogens with zero attached hydrogens (tertiary/aromatic N) is 2. The minimum absolute atomic E-state index is 0.118. The van der Waals surface area contributed by atoms with Crippen LogP contribution in [-0.4, -0.2) is 45.2 Å². The molecule has 0 aliphatic carbocycles. The molecular formula is C33H25BrN2O7S. The van der Waals surface area contributed by atoms with Crippen molar-refractivity contribution in [1.82, 2.24) is 4.90 Å². The maximum atomic E-state index is 13.7. The second kappa shape index (κ2) is 13.6. The first kappa shape index (κ1) is 30.6. The van der Waals surface area contributed by atoms with Gasteiger partial charge in [-0.05, 0) is 99.0 Å². The van der Waals surface area contributed by atoms with Crippen LogP contribution in [0.3, 0.4) is 0 Å². The summed E-state index contributed by atoms with van der Waals surface area (Å²) in [6, 6.07) is 25.7. The molecule has 222 valence electrons. The van der Waals surface area contributed by atoms with E-state index in [1.165, 1.54) is 37.1 Å². The van der Waals surface area contributed by atoms with Gasteiger partial charge in [0.2, 0.25) is 0 Å². The Labute approximate surface area is 265 Å². The lowest BCUT2D eigenvalue weighted by Gasteiger charge is -2.16. The number of amides is 1. The lowest BCUT2D eigenvalue weighted by Crippen LogP contribution is -2.28. The molecule has 1 heterocycles. The highest BCUT2D eigenvalue weighted by molar-refractivity contribution is 9.10. The van der Waals surface area contributed by atoms with Crippen molar-refractivity contribution in [3.63, 3.8) is 0 Å². The molecule has 1 saturated heterocycles. The summed E-state index contributed by atoms with van der Waals surface area (Å²) in [7, 11) is 1.51. The van der Waals surface area contributed by atoms with E-state index in [1.54, 1.807) is 53.4 Å². The van der Waals surface area contributed by atoms with E-state index in [9.17, 15) is 24.6 Å². The van der Waals surface area contributed by atoms with Crippen LogP contribution in [0.4, 0.5) is 5.69 Å². The second-order valence-electron chi connectivity index (χ2n) is 9.56. The van der Waals surface area contributed by atoms with Crippen LogP contribution in [0.15, 0.2) is 105 Å². The summed E-state index contributed by atoms with van der Waals surface area (Å²) < 4.78 is 12.2. The van der Waals surface area contributed by atoms with Crippen LogP contribution in [0, 0.1) is 0 Å². The summed E-state index contributed by atoms with van der Waals surface area (Å²) >= 11 is 4.78. The van der Waals surface area contributed by atoms with E-state index in [4.69, 9.17) is 14.5 Å². The van der Waals surface area contributed by atoms with Crippen LogP contribution >= 0.6 is 27.7 Å². The van der Waals surface area contributed by atoms with Crippen LogP contribution in [0.25, 0.3) is 6.08 Å². The van der Waals surface area contributed by atoms with Crippen molar-refractivity contribution in [2.75, 3.05) is 7.11 Å². The number of benzene rings is 4. The quantitative estimate of drug-likeness (QED) is 0.169. The minimum Gasteiger partial charge on any atom is -0.493 e. The fourth-order valence-electron chi connectivity index (χ4n) is 4.34. The number of amidine groups is 1. The van der Waals surface area contributed by atoms with Gasteiger partial charge in [0.25, 0.3) is 5.91 Å². The van der Waals surface area contributed by atoms with Gasteiger partial charge < -0.3 is 19.7 Å². The number of rotatable bonds is 10. The second-order valence-corrected chi connectivity index (χ2v) is 11.4. The predicted octanol–water partition coefficient (Wildman–Crippen LogP) is 7.24. The van der Waals surface area contributed by atoms with Gasteiger partial charge in [-0.1, -0.05) is 42.5 Å². The largest absolute Gasteiger partial charge is 0.493 e. The number of carboxylic acid groups (broad SMARTS) is 2. The maximum absolute atomic E-state index is 13.7. The van der Waals surface area contributed by atoms with Gasteiger partial charge in [0, 0.05) is 0 Å². The Bertz CT molecular complexity index is 1790. The number of halogens is 1. The molecule has 0 radical (unpaired) electrons. The van der Waals surface area contributed by atoms with Crippen LogP contribution in [-0.2, 0) is 17.9 Å². The van der Waals surface area contributed by atoms with E-state index >= 15 is 0 Å². The lowest BCUT2D eigenvalue weighted by molar-refractivity contribution is -0.122. The molecule has 4 aromatic rings. The van der Waals surface area contributed by atoms with E-state index in [1.807, 2.05) is 30.3 Å². The van der Waals surface area contributed by atoms with E-state index in [-0.39, 0.29) is 30.2 Å². The number of hydrogen-bond donors (Lipinski definition) is 2. The molecular weight excluding hydrogens is 648 g/mol. The van der Waals surface area contributed by atoms with Crippen molar-refractivity contribution in [1.29, 1.82) is 0 Å². The first-order valence-corrected chi connectivity index (χ1v) is 14.8. The molecule has 1 aliphatic heterocycles. The highest BCUT2D eigenvalue weighted by Crippen LogP contribution is 2.40. The average molecular weight is 674 g/mol. The van der Waals surface area contributed by atoms with Crippen molar-refractivity contribution in [3.05, 3.63) is 128 Å². The first-order valence-electron chi connectivity index (χ1n) is 13.2. The summed E-state index contributed by atoms with van der Waals surface area (Å²) in [5.74, 6) is -1.44. The third-order valence-electron chi connectivity index (χ3n) is 6.52. The molecule has 0 bridgehead atoms. The predicted molar refractivity (Wildman–Crippen MR) is 171 cm³/mol. The number of aromatic carboxylic acids is 2. The Morgan fingerprint density at radius 3 is 2.32 bits per heavy atom. The van der Waals surface area contributed by atoms with E-state index in [0.29, 0.717) is 42.9 Å². The minimum atomic E-state index is -1.02. The fraction of sp³-hybridized carbons (Fsp3) is 0.0909. The van der Waals surface area contributed by atoms with Crippen LogP contribution < -0.4 is 9.47 Å². The number of hydrogen-bond acceptors (Lipinski definition) is 7. The van der Waals surface area contributed by atoms with Crippen LogP contribution in [0.5, 0.6) is 11.5 Å². The zero-order valence-corrected chi connectivity index (χ0v) is 25.7. The maximum Gasteiger partial charge on any atom is 0.335 e. The van der Waals surface area contributed by atoms with Gasteiger partial charge in [-0.25, -0.2) is 14.6 Å². The summed E-state index contributed by atoms with van der Waals surface area (Å²) in [6.45, 7) is 0.324. The van der Waals surface area contributed by atoms with Crippen molar-refractivity contribution in [2.45, 2.75) is 13.2 Å². The molecule has 0 aromatic heterocycles. The molecule has 1 aliphatic rings. The number of methoxy groups -OCH3 is 1. The zero-order chi connectivity index (χ0) is 31.2. The van der Waals surface area contributed by atoms with Crippen LogP contribution in [0.1, 0.15) is 37.4 Å². The van der Waals surface area contributed by atoms with Crippen LogP contribution in [0.2, 0.25) is 0 Å². The van der Waals surface area contributed by atoms with E-state index in [2.05, 4.69) is 15.9 Å². The van der Waals surface area contributed by atoms with Crippen molar-refractivity contribution in [2.24, 2.45) is 4.99 Å². The molecule has 9 nitrogen and oxygen atoms in total. The molecule has 4 aromatic carbocycles. The number of carbonyl (C=O) groups excluding carboxylic acids is 1. The molecule has 0 saturated carbocycles. The normalized spacial score (nSPS) is 14.7. The molecule has 0 atom stereocenters. The SMILES string of the molecule is COc1cc(/C=C2\SC(=Nc3ccccc3)N(Cc3ccc(C(=O)O)cc3)C2=O)cc(Br)c1OCc1cccc(C(=O)O)c1. The van der Waals surface area contributed by atoms with Gasteiger partial charge in [0.15, 0.2) is 16.7 Å². The Balaban J connectivity index is 1.42. The first-order chi connectivity index (χ1) is 21.2. The van der Waals surface area contributed by atoms with Gasteiger partial charge in [0.1, 0.15) is 6.61 Å². The topological polar surface area (TPSA) is 126 Å². The Morgan fingerprint density at radius 1 is 0.909 bits per heavy atom. The standard InChI is InChI=1S/C33H25BrN2O7S/c1-42-27-16-22(15-26(34)29(27)43-19-21-6-5-7-24(14-21)32(40)41)17-28-30(37)36(18-20-10-12-23(13-11-20)31(38)39)33(44-28)35-25-8-3-2-4-9-25/h2-17H,18-19H2,1H3,(H,38,39)(H,40,41)/b28-17-,35-33?. The summed E-state index contributed by atoms with van der Waals surface area (Å²) in [4.78, 5) is 43.0. The van der Waals surface area contributed by atoms with Crippen molar-refractivity contribution >= 4 is 62.5 Å². The van der Waals surface area contributed by atoms with Gasteiger partial charge in [-0.2, -0.15) is 0 Å². The number of thioether (sulfide) groups is 1. The molecule has 5 rings (SSSR count). The summed E-state index contributed by atoms with van der Waals surface area (Å²) in [6.07, 6.45) is 1.74. The van der Waals surface area contributed by atoms with Gasteiger partial charge >= 0.3 is 11.9 Å². The molecule has 1 amide bonds. The molecule has 44 heavy (non-hydrogen) atoms. The van der Waals surface area contributed by atoms with Gasteiger partial charge in [-0.15, -0.1) is 0 Å². The van der Waals surface area contributed by atoms with Gasteiger partial charge in [-0.3, -0.25) is 9.69 Å². The lowest BCUT2D eigenvalue weighted by atomic mass is 10.1. The average Bonchev–Trinajstić information content (AvgIpc) is 3.29. The molecule has 0 spiro atoms. The summed E-state index contributed by atoms with van der Waals surface area (Å²) in [5.41, 5.74) is 3.13. The number of para-hydroxylation sites is 1. The highest BCUT2D eigenvalue weighted by atomic mass is 79.9. The monoisotopic (exact) mass is 672 g/mol. The Kier molecular flexibility index (Phi) is 9.47.